The normalized spacial score (nSPS) is 16.5. The van der Waals surface area contributed by atoms with Crippen LogP contribution >= 0.6 is 0 Å². The van der Waals surface area contributed by atoms with Crippen molar-refractivity contribution >= 4 is 0 Å². The summed E-state index contributed by atoms with van der Waals surface area (Å²) in [6, 6.07) is 0. The van der Waals surface area contributed by atoms with E-state index in [1.165, 1.54) is 0 Å². The average Bonchev–Trinajstić information content (AvgIpc) is 2.02. The standard InChI is InChI=1S/C6H11NO4/c7-4(2-8)1-5(10)6(11)3-9/h1-2,6,8-11H,3,7H2/b4-2+,5-1+. The second kappa shape index (κ2) is 4.59. The van der Waals surface area contributed by atoms with Crippen LogP contribution in [-0.2, 0) is 0 Å². The van der Waals surface area contributed by atoms with Crippen LogP contribution in [0.5, 0.6) is 0 Å². The zero-order valence-electron chi connectivity index (χ0n) is 5.81. The van der Waals surface area contributed by atoms with Gasteiger partial charge in [-0.05, 0) is 0 Å². The third kappa shape index (κ3) is 3.49. The van der Waals surface area contributed by atoms with Gasteiger partial charge >= 0.3 is 0 Å². The fourth-order valence-corrected chi connectivity index (χ4v) is 0.398. The molecule has 0 radical (unpaired) electrons. The average molecular weight is 161 g/mol. The molecule has 0 saturated heterocycles. The van der Waals surface area contributed by atoms with Gasteiger partial charge in [0.15, 0.2) is 0 Å². The lowest BCUT2D eigenvalue weighted by Gasteiger charge is -2.04. The second-order valence-corrected chi connectivity index (χ2v) is 1.90. The van der Waals surface area contributed by atoms with Gasteiger partial charge in [-0.25, -0.2) is 0 Å². The van der Waals surface area contributed by atoms with Gasteiger partial charge in [0, 0.05) is 6.08 Å². The Bertz CT molecular complexity index is 175. The summed E-state index contributed by atoms with van der Waals surface area (Å²) in [6.07, 6.45) is 0.162. The van der Waals surface area contributed by atoms with Crippen LogP contribution in [0.4, 0.5) is 0 Å². The zero-order chi connectivity index (χ0) is 8.85. The highest BCUT2D eigenvalue weighted by Crippen LogP contribution is 1.99. The Hall–Kier alpha value is -1.20. The van der Waals surface area contributed by atoms with Crippen LogP contribution in [0.1, 0.15) is 0 Å². The van der Waals surface area contributed by atoms with Crippen LogP contribution in [0.3, 0.4) is 0 Å². The van der Waals surface area contributed by atoms with Crippen molar-refractivity contribution in [3.8, 4) is 0 Å². The summed E-state index contributed by atoms with van der Waals surface area (Å²) in [5.41, 5.74) is 4.95. The van der Waals surface area contributed by atoms with Crippen LogP contribution in [0.25, 0.3) is 0 Å². The molecule has 64 valence electrons. The minimum Gasteiger partial charge on any atom is -0.513 e. The molecule has 0 aromatic heterocycles. The lowest BCUT2D eigenvalue weighted by molar-refractivity contribution is 0.0871. The van der Waals surface area contributed by atoms with Crippen molar-refractivity contribution in [1.82, 2.24) is 0 Å². The van der Waals surface area contributed by atoms with Gasteiger partial charge < -0.3 is 26.2 Å². The summed E-state index contributed by atoms with van der Waals surface area (Å²) in [4.78, 5) is 0. The molecule has 0 fully saturated rings. The van der Waals surface area contributed by atoms with E-state index in [0.717, 1.165) is 6.08 Å². The Morgan fingerprint density at radius 3 is 2.45 bits per heavy atom. The third-order valence-corrected chi connectivity index (χ3v) is 0.978. The Kier molecular flexibility index (Phi) is 4.09. The lowest BCUT2D eigenvalue weighted by atomic mass is 10.2. The van der Waals surface area contributed by atoms with Crippen LogP contribution in [0.2, 0.25) is 0 Å². The number of nitrogens with two attached hydrogens (primary N) is 1. The molecule has 5 heteroatoms. The van der Waals surface area contributed by atoms with Crippen LogP contribution < -0.4 is 5.73 Å². The molecule has 0 bridgehead atoms. The molecule has 0 spiro atoms. The molecule has 0 rings (SSSR count). The molecule has 0 aliphatic heterocycles. The molecule has 0 aliphatic carbocycles. The Labute approximate surface area is 63.7 Å². The molecule has 0 aromatic carbocycles. The topological polar surface area (TPSA) is 107 Å². The molecule has 1 unspecified atom stereocenters. The first-order valence-corrected chi connectivity index (χ1v) is 2.91. The minimum absolute atomic E-state index is 0.102. The first-order valence-electron chi connectivity index (χ1n) is 2.91. The van der Waals surface area contributed by atoms with Crippen molar-refractivity contribution < 1.29 is 20.4 Å². The quantitative estimate of drug-likeness (QED) is 0.273. The Morgan fingerprint density at radius 1 is 1.55 bits per heavy atom. The van der Waals surface area contributed by atoms with Crippen molar-refractivity contribution in [2.24, 2.45) is 5.73 Å². The molecule has 0 heterocycles. The first kappa shape index (κ1) is 9.80. The third-order valence-electron chi connectivity index (χ3n) is 0.978. The van der Waals surface area contributed by atoms with E-state index in [9.17, 15) is 0 Å². The summed E-state index contributed by atoms with van der Waals surface area (Å²) in [5.74, 6) is -0.490. The number of hydrogen-bond acceptors (Lipinski definition) is 5. The maximum atomic E-state index is 8.84. The highest BCUT2D eigenvalue weighted by Gasteiger charge is 2.06. The molecule has 1 atom stereocenters. The maximum Gasteiger partial charge on any atom is 0.134 e. The van der Waals surface area contributed by atoms with Gasteiger partial charge in [0.05, 0.1) is 12.3 Å². The highest BCUT2D eigenvalue weighted by atomic mass is 16.3. The van der Waals surface area contributed by atoms with Gasteiger partial charge in [-0.15, -0.1) is 0 Å². The van der Waals surface area contributed by atoms with E-state index in [-0.39, 0.29) is 5.70 Å². The van der Waals surface area contributed by atoms with Crippen LogP contribution in [-0.4, -0.2) is 33.1 Å². The largest absolute Gasteiger partial charge is 0.513 e. The molecule has 0 saturated carbocycles. The molecule has 0 amide bonds. The Balaban J connectivity index is 4.21. The van der Waals surface area contributed by atoms with Crippen molar-refractivity contribution in [2.45, 2.75) is 6.10 Å². The molecule has 11 heavy (non-hydrogen) atoms. The van der Waals surface area contributed by atoms with Crippen LogP contribution in [0.15, 0.2) is 23.8 Å². The SMILES string of the molecule is NC(=C/O)/C=C(/O)C(O)CO. The van der Waals surface area contributed by atoms with E-state index in [0.29, 0.717) is 6.26 Å². The van der Waals surface area contributed by atoms with E-state index in [4.69, 9.17) is 26.2 Å². The fourth-order valence-electron chi connectivity index (χ4n) is 0.398. The molecular weight excluding hydrogens is 150 g/mol. The molecule has 6 N–H and O–H groups in total. The van der Waals surface area contributed by atoms with Gasteiger partial charge in [-0.1, -0.05) is 0 Å². The van der Waals surface area contributed by atoms with E-state index < -0.39 is 18.5 Å². The number of rotatable bonds is 3. The summed E-state index contributed by atoms with van der Waals surface area (Å²) in [5, 5.41) is 34.1. The van der Waals surface area contributed by atoms with E-state index in [1.54, 1.807) is 0 Å². The van der Waals surface area contributed by atoms with Crippen LogP contribution in [0, 0.1) is 0 Å². The van der Waals surface area contributed by atoms with Crippen molar-refractivity contribution in [1.29, 1.82) is 0 Å². The van der Waals surface area contributed by atoms with Gasteiger partial charge in [0.2, 0.25) is 0 Å². The monoisotopic (exact) mass is 161 g/mol. The van der Waals surface area contributed by atoms with Gasteiger partial charge in [0.1, 0.15) is 18.1 Å². The first-order chi connectivity index (χ1) is 5.11. The van der Waals surface area contributed by atoms with Gasteiger partial charge in [-0.2, -0.15) is 0 Å². The fraction of sp³-hybridized carbons (Fsp3) is 0.333. The number of aliphatic hydroxyl groups excluding tert-OH is 4. The van der Waals surface area contributed by atoms with Gasteiger partial charge in [-0.3, -0.25) is 0 Å². The number of aliphatic hydroxyl groups is 4. The van der Waals surface area contributed by atoms with E-state index in [2.05, 4.69) is 0 Å². The molecule has 0 aromatic rings. The van der Waals surface area contributed by atoms with E-state index >= 15 is 0 Å². The molecule has 0 aliphatic rings. The Morgan fingerprint density at radius 2 is 2.09 bits per heavy atom. The predicted octanol–water partition coefficient (Wildman–Crippen LogP) is -0.860. The summed E-state index contributed by atoms with van der Waals surface area (Å²) in [6.45, 7) is -0.596. The summed E-state index contributed by atoms with van der Waals surface area (Å²) >= 11 is 0. The summed E-state index contributed by atoms with van der Waals surface area (Å²) < 4.78 is 0. The van der Waals surface area contributed by atoms with E-state index in [1.807, 2.05) is 0 Å². The number of hydrogen-bond donors (Lipinski definition) is 5. The summed E-state index contributed by atoms with van der Waals surface area (Å²) in [7, 11) is 0. The molecular formula is C6H11NO4. The van der Waals surface area contributed by atoms with Crippen molar-refractivity contribution in [2.75, 3.05) is 6.61 Å². The van der Waals surface area contributed by atoms with Gasteiger partial charge in [0.25, 0.3) is 0 Å². The van der Waals surface area contributed by atoms with Crippen molar-refractivity contribution in [3.63, 3.8) is 0 Å². The minimum atomic E-state index is -1.35. The highest BCUT2D eigenvalue weighted by molar-refractivity contribution is 5.16. The molecule has 5 nitrogen and oxygen atoms in total. The number of allylic oxidation sites excluding steroid dienone is 1. The predicted molar refractivity (Wildman–Crippen MR) is 38.7 cm³/mol. The zero-order valence-corrected chi connectivity index (χ0v) is 5.81. The lowest BCUT2D eigenvalue weighted by Crippen LogP contribution is -2.15. The second-order valence-electron chi connectivity index (χ2n) is 1.90. The maximum absolute atomic E-state index is 8.84. The van der Waals surface area contributed by atoms with Crippen molar-refractivity contribution in [3.05, 3.63) is 23.8 Å². The smallest absolute Gasteiger partial charge is 0.134 e.